The Bertz CT molecular complexity index is 358. The molecular weight excluding hydrogens is 306 g/mol. The summed E-state index contributed by atoms with van der Waals surface area (Å²) in [6.45, 7) is 7.16. The van der Waals surface area contributed by atoms with Gasteiger partial charge < -0.3 is 0 Å². The molecule has 1 aliphatic carbocycles. The molecule has 3 heteroatoms. The smallest absolute Gasteiger partial charge is 0.0794 e. The second-order valence-corrected chi connectivity index (χ2v) is 8.21. The number of alkyl halides is 1. The highest BCUT2D eigenvalue weighted by molar-refractivity contribution is 9.09. The van der Waals surface area contributed by atoms with Crippen molar-refractivity contribution in [2.45, 2.75) is 52.9 Å². The van der Waals surface area contributed by atoms with E-state index in [9.17, 15) is 0 Å². The lowest BCUT2D eigenvalue weighted by Gasteiger charge is -2.43. The molecule has 1 nitrogen and oxygen atoms in total. The van der Waals surface area contributed by atoms with Crippen molar-refractivity contribution in [2.75, 3.05) is 5.33 Å². The molecule has 0 amide bonds. The molecular formula is C15H24BrNS. The van der Waals surface area contributed by atoms with Crippen LogP contribution in [-0.2, 0) is 6.42 Å². The molecule has 1 heterocycles. The van der Waals surface area contributed by atoms with Crippen molar-refractivity contribution in [3.05, 3.63) is 16.6 Å². The van der Waals surface area contributed by atoms with Crippen LogP contribution in [-0.4, -0.2) is 10.3 Å². The summed E-state index contributed by atoms with van der Waals surface area (Å²) in [4.78, 5) is 4.47. The summed E-state index contributed by atoms with van der Waals surface area (Å²) in [5.74, 6) is 0.889. The summed E-state index contributed by atoms with van der Waals surface area (Å²) in [6, 6.07) is 0. The van der Waals surface area contributed by atoms with Gasteiger partial charge in [0, 0.05) is 10.7 Å². The van der Waals surface area contributed by atoms with E-state index >= 15 is 0 Å². The van der Waals surface area contributed by atoms with Gasteiger partial charge in [-0.05, 0) is 48.9 Å². The Morgan fingerprint density at radius 2 is 2.06 bits per heavy atom. The van der Waals surface area contributed by atoms with Gasteiger partial charge in [-0.2, -0.15) is 0 Å². The van der Waals surface area contributed by atoms with Crippen LogP contribution in [0, 0.1) is 16.7 Å². The molecule has 1 fully saturated rings. The second kappa shape index (κ2) is 5.62. The lowest BCUT2D eigenvalue weighted by Crippen LogP contribution is -2.35. The van der Waals surface area contributed by atoms with E-state index < -0.39 is 0 Å². The molecule has 0 saturated heterocycles. The summed E-state index contributed by atoms with van der Waals surface area (Å²) >= 11 is 5.48. The zero-order chi connectivity index (χ0) is 13.2. The molecule has 1 aliphatic rings. The minimum Gasteiger partial charge on any atom is -0.250 e. The molecule has 102 valence electrons. The van der Waals surface area contributed by atoms with Gasteiger partial charge in [-0.15, -0.1) is 11.3 Å². The van der Waals surface area contributed by atoms with Gasteiger partial charge in [-0.25, -0.2) is 4.98 Å². The number of thiazole rings is 1. The first-order chi connectivity index (χ1) is 8.45. The Morgan fingerprint density at radius 3 is 2.50 bits per heavy atom. The van der Waals surface area contributed by atoms with E-state index in [1.54, 1.807) is 11.3 Å². The first kappa shape index (κ1) is 14.5. The predicted molar refractivity (Wildman–Crippen MR) is 83.5 cm³/mol. The molecule has 0 aromatic carbocycles. The van der Waals surface area contributed by atoms with E-state index in [0.717, 1.165) is 17.7 Å². The highest BCUT2D eigenvalue weighted by atomic mass is 79.9. The van der Waals surface area contributed by atoms with E-state index in [0.29, 0.717) is 10.8 Å². The van der Waals surface area contributed by atoms with Crippen LogP contribution >= 0.6 is 27.3 Å². The van der Waals surface area contributed by atoms with Crippen LogP contribution in [0.2, 0.25) is 0 Å². The van der Waals surface area contributed by atoms with E-state index in [2.05, 4.69) is 47.1 Å². The van der Waals surface area contributed by atoms with Gasteiger partial charge in [-0.1, -0.05) is 36.7 Å². The summed E-state index contributed by atoms with van der Waals surface area (Å²) < 4.78 is 0. The Labute approximate surface area is 124 Å². The maximum atomic E-state index is 4.47. The van der Waals surface area contributed by atoms with Crippen molar-refractivity contribution in [1.29, 1.82) is 0 Å². The molecule has 0 unspecified atom stereocenters. The number of rotatable bonds is 3. The Hall–Kier alpha value is 0.110. The maximum Gasteiger partial charge on any atom is 0.0794 e. The van der Waals surface area contributed by atoms with Crippen molar-refractivity contribution >= 4 is 27.3 Å². The van der Waals surface area contributed by atoms with E-state index in [1.807, 2.05) is 5.51 Å². The molecule has 2 rings (SSSR count). The fourth-order valence-electron chi connectivity index (χ4n) is 3.16. The molecule has 1 aromatic heterocycles. The van der Waals surface area contributed by atoms with Crippen LogP contribution in [0.1, 0.15) is 52.1 Å². The number of hydrogen-bond acceptors (Lipinski definition) is 2. The van der Waals surface area contributed by atoms with Gasteiger partial charge in [0.2, 0.25) is 0 Å². The fourth-order valence-corrected chi connectivity index (χ4v) is 4.48. The van der Waals surface area contributed by atoms with Crippen molar-refractivity contribution in [3.8, 4) is 0 Å². The third-order valence-electron chi connectivity index (χ3n) is 4.59. The van der Waals surface area contributed by atoms with Crippen LogP contribution in [0.4, 0.5) is 0 Å². The van der Waals surface area contributed by atoms with Crippen LogP contribution < -0.4 is 0 Å². The Morgan fingerprint density at radius 1 is 1.39 bits per heavy atom. The highest BCUT2D eigenvalue weighted by Gasteiger charge is 2.38. The summed E-state index contributed by atoms with van der Waals surface area (Å²) in [6.07, 6.45) is 6.59. The van der Waals surface area contributed by atoms with Crippen LogP contribution in [0.15, 0.2) is 10.9 Å². The Balaban J connectivity index is 2.00. The highest BCUT2D eigenvalue weighted by Crippen LogP contribution is 2.47. The molecule has 1 aromatic rings. The molecule has 0 atom stereocenters. The molecule has 0 bridgehead atoms. The third kappa shape index (κ3) is 3.36. The van der Waals surface area contributed by atoms with Crippen molar-refractivity contribution in [2.24, 2.45) is 16.7 Å². The molecule has 1 saturated carbocycles. The lowest BCUT2D eigenvalue weighted by molar-refractivity contribution is 0.103. The van der Waals surface area contributed by atoms with Gasteiger partial charge in [0.15, 0.2) is 0 Å². The summed E-state index contributed by atoms with van der Waals surface area (Å²) in [5, 5.41) is 3.33. The molecule has 0 radical (unpaired) electrons. The molecule has 0 spiro atoms. The van der Waals surface area contributed by atoms with Crippen molar-refractivity contribution in [3.63, 3.8) is 0 Å². The average molecular weight is 330 g/mol. The average Bonchev–Trinajstić information content (AvgIpc) is 2.81. The molecule has 18 heavy (non-hydrogen) atoms. The van der Waals surface area contributed by atoms with Crippen molar-refractivity contribution in [1.82, 2.24) is 4.98 Å². The SMILES string of the molecule is CC(C)(C)C1CCC(CBr)(Cc2cscn2)CC1. The van der Waals surface area contributed by atoms with Gasteiger partial charge in [-0.3, -0.25) is 0 Å². The third-order valence-corrected chi connectivity index (χ3v) is 6.42. The zero-order valence-corrected chi connectivity index (χ0v) is 14.1. The normalized spacial score (nSPS) is 29.4. The predicted octanol–water partition coefficient (Wildman–Crippen LogP) is 5.30. The number of hydrogen-bond donors (Lipinski definition) is 0. The van der Waals surface area contributed by atoms with Gasteiger partial charge >= 0.3 is 0 Å². The first-order valence-corrected chi connectivity index (χ1v) is 8.95. The van der Waals surface area contributed by atoms with Gasteiger partial charge in [0.1, 0.15) is 0 Å². The van der Waals surface area contributed by atoms with E-state index in [-0.39, 0.29) is 0 Å². The quantitative estimate of drug-likeness (QED) is 0.685. The van der Waals surface area contributed by atoms with Gasteiger partial charge in [0.25, 0.3) is 0 Å². The Kier molecular flexibility index (Phi) is 4.53. The van der Waals surface area contributed by atoms with Crippen LogP contribution in [0.3, 0.4) is 0 Å². The molecule has 0 aliphatic heterocycles. The zero-order valence-electron chi connectivity index (χ0n) is 11.7. The van der Waals surface area contributed by atoms with Crippen LogP contribution in [0.25, 0.3) is 0 Å². The van der Waals surface area contributed by atoms with E-state index in [1.165, 1.54) is 31.4 Å². The number of nitrogens with zero attached hydrogens (tertiary/aromatic N) is 1. The van der Waals surface area contributed by atoms with Crippen molar-refractivity contribution < 1.29 is 0 Å². The lowest BCUT2D eigenvalue weighted by atomic mass is 9.63. The second-order valence-electron chi connectivity index (χ2n) is 6.93. The van der Waals surface area contributed by atoms with E-state index in [4.69, 9.17) is 0 Å². The number of aromatic nitrogens is 1. The summed E-state index contributed by atoms with van der Waals surface area (Å²) in [7, 11) is 0. The summed E-state index contributed by atoms with van der Waals surface area (Å²) in [5.41, 5.74) is 4.17. The minimum atomic E-state index is 0.454. The van der Waals surface area contributed by atoms with Crippen LogP contribution in [0.5, 0.6) is 0 Å². The maximum absolute atomic E-state index is 4.47. The molecule has 0 N–H and O–H groups in total. The standard InChI is InChI=1S/C15H24BrNS/c1-14(2,3)12-4-6-15(10-16,7-5-12)8-13-9-18-11-17-13/h9,11-12H,4-8,10H2,1-3H3. The minimum absolute atomic E-state index is 0.454. The topological polar surface area (TPSA) is 12.9 Å². The van der Waals surface area contributed by atoms with Gasteiger partial charge in [0.05, 0.1) is 11.2 Å². The monoisotopic (exact) mass is 329 g/mol. The largest absolute Gasteiger partial charge is 0.250 e. The number of halogens is 1. The fraction of sp³-hybridized carbons (Fsp3) is 0.800. The first-order valence-electron chi connectivity index (χ1n) is 6.88.